The van der Waals surface area contributed by atoms with E-state index in [4.69, 9.17) is 5.11 Å². The molecule has 16 nitrogen and oxygen atoms in total. The molecule has 1 aromatic rings. The van der Waals surface area contributed by atoms with E-state index in [0.717, 1.165) is 5.56 Å². The third-order valence-corrected chi connectivity index (χ3v) is 5.53. The number of rotatable bonds is 7. The third-order valence-electron chi connectivity index (χ3n) is 1.53. The molecular weight excluding hydrogens is 764 g/mol. The van der Waals surface area contributed by atoms with E-state index < -0.39 is 49.5 Å². The Kier molecular flexibility index (Phi) is 34.0. The minimum absolute atomic E-state index is 0. The first-order valence-corrected chi connectivity index (χ1v) is 13.6. The molecule has 1 aromatic carbocycles. The standard InChI is InChI=1S/C7H8O.3H4O5P2.U/c8-6-7-4-2-1-3-5-7;3*1-6(2)5-7(3)4;/h1-5,8H,6H2;3*6-7H,(H,1,2)(H,3,4);/q;;;;+6/p-6. The zero-order valence-corrected chi connectivity index (χ0v) is 24.3. The van der Waals surface area contributed by atoms with Gasteiger partial charge in [0.15, 0.2) is 0 Å². The van der Waals surface area contributed by atoms with Crippen LogP contribution in [0.1, 0.15) is 5.56 Å². The molecule has 0 bridgehead atoms. The fourth-order valence-electron chi connectivity index (χ4n) is 0.788. The fraction of sp³-hybridized carbons (Fsp3) is 0.143. The van der Waals surface area contributed by atoms with E-state index in [1.807, 2.05) is 30.3 Å². The summed E-state index contributed by atoms with van der Waals surface area (Å²) in [6, 6.07) is 9.52. The minimum Gasteiger partial charge on any atom is -0.781 e. The van der Waals surface area contributed by atoms with Crippen LogP contribution < -0.4 is 29.4 Å². The predicted octanol–water partition coefficient (Wildman–Crippen LogP) is -3.31. The van der Waals surface area contributed by atoms with Crippen LogP contribution >= 0.6 is 49.5 Å². The minimum atomic E-state index is -3.51. The molecule has 0 radical (unpaired) electrons. The summed E-state index contributed by atoms with van der Waals surface area (Å²) in [7, 11) is -21.1. The summed E-state index contributed by atoms with van der Waals surface area (Å²) in [6.07, 6.45) is 0. The van der Waals surface area contributed by atoms with Gasteiger partial charge >= 0.3 is 31.1 Å². The zero-order valence-electron chi connectivity index (χ0n) is 14.2. The van der Waals surface area contributed by atoms with Crippen molar-refractivity contribution >= 4 is 49.5 Å². The van der Waals surface area contributed by atoms with Gasteiger partial charge in [0.1, 0.15) is 49.5 Å². The van der Waals surface area contributed by atoms with Crippen molar-refractivity contribution in [3.63, 3.8) is 0 Å². The number of aliphatic hydroxyl groups is 1. The smallest absolute Gasteiger partial charge is 0.781 e. The second-order valence-electron chi connectivity index (χ2n) is 3.45. The van der Waals surface area contributed by atoms with Crippen LogP contribution in [-0.4, -0.2) is 5.11 Å². The maximum atomic E-state index is 9.29. The molecule has 0 heterocycles. The third kappa shape index (κ3) is 43.2. The van der Waals surface area contributed by atoms with Gasteiger partial charge in [0.25, 0.3) is 0 Å². The summed E-state index contributed by atoms with van der Waals surface area (Å²) in [6.45, 7) is 0.140. The molecule has 0 fully saturated rings. The molecule has 6 unspecified atom stereocenters. The molecule has 0 aliphatic rings. The molecule has 0 spiro atoms. The molecule has 0 amide bonds. The Morgan fingerprint density at radius 1 is 0.600 bits per heavy atom. The molecule has 172 valence electrons. The van der Waals surface area contributed by atoms with Gasteiger partial charge in [0.2, 0.25) is 0 Å². The van der Waals surface area contributed by atoms with Crippen LogP contribution in [0.4, 0.5) is 0 Å². The largest absolute Gasteiger partial charge is 6.00 e. The second kappa shape index (κ2) is 26.5. The Morgan fingerprint density at radius 2 is 0.833 bits per heavy atom. The maximum Gasteiger partial charge on any atom is 6.00 e. The normalized spacial score (nSPS) is 15.4. The first-order chi connectivity index (χ1) is 13.3. The average molecular weight is 778 g/mol. The molecule has 0 aliphatic heterocycles. The number of hydrogen-bond donors (Lipinski definition) is 1. The summed E-state index contributed by atoms with van der Waals surface area (Å²) in [4.78, 5) is 55.7. The molecule has 0 aliphatic carbocycles. The van der Waals surface area contributed by atoms with E-state index in [-0.39, 0.29) is 37.7 Å². The Morgan fingerprint density at radius 3 is 0.933 bits per heavy atom. The summed E-state index contributed by atoms with van der Waals surface area (Å²) in [5, 5.41) is 8.54. The Bertz CT molecular complexity index is 588. The quantitative estimate of drug-likeness (QED) is 0.265. The monoisotopic (exact) mass is 778 g/mol. The van der Waals surface area contributed by atoms with E-state index in [9.17, 15) is 56.8 Å². The van der Waals surface area contributed by atoms with Gasteiger partial charge in [-0.1, -0.05) is 30.3 Å². The second-order valence-corrected chi connectivity index (χ2v) is 8.90. The van der Waals surface area contributed by atoms with Crippen LogP contribution in [0.5, 0.6) is 0 Å². The van der Waals surface area contributed by atoms with Crippen LogP contribution in [0.25, 0.3) is 0 Å². The van der Waals surface area contributed by atoms with E-state index in [2.05, 4.69) is 12.9 Å². The molecule has 6 atom stereocenters. The van der Waals surface area contributed by atoms with E-state index >= 15 is 0 Å². The van der Waals surface area contributed by atoms with Crippen molar-refractivity contribution in [1.82, 2.24) is 0 Å². The zero-order chi connectivity index (χ0) is 23.4. The summed E-state index contributed by atoms with van der Waals surface area (Å²) >= 11 is 0. The summed E-state index contributed by atoms with van der Waals surface area (Å²) in [5.41, 5.74) is 0.965. The van der Waals surface area contributed by atoms with Gasteiger partial charge in [0.05, 0.1) is 6.61 Å². The Hall–Kier alpha value is 1.25. The van der Waals surface area contributed by atoms with E-state index in [1.165, 1.54) is 0 Å². The maximum absolute atomic E-state index is 9.29. The molecule has 1 rings (SSSR count). The number of benzene rings is 1. The Labute approximate surface area is 197 Å². The molecule has 0 saturated carbocycles. The van der Waals surface area contributed by atoms with Gasteiger partial charge in [-0.15, -0.1) is 0 Å². The van der Waals surface area contributed by atoms with Crippen molar-refractivity contribution in [3.05, 3.63) is 35.9 Å². The number of aliphatic hydroxyl groups excluding tert-OH is 1. The van der Waals surface area contributed by atoms with Gasteiger partial charge < -0.3 is 61.9 Å². The molecular formula is C7H14O16P6U. The first-order valence-electron chi connectivity index (χ1n) is 6.25. The van der Waals surface area contributed by atoms with Gasteiger partial charge in [0, 0.05) is 0 Å². The van der Waals surface area contributed by atoms with Crippen molar-refractivity contribution in [1.29, 1.82) is 0 Å². The van der Waals surface area contributed by atoms with Crippen molar-refractivity contribution < 1.29 is 106 Å². The SMILES string of the molecule is O=[PH]([O-])O[PH](=O)[O-].O=[PH]([O-])O[PH](=O)[O-].O=[PH]([O-])O[PH](=O)[O-].OCc1ccccc1.[U+6]. The van der Waals surface area contributed by atoms with E-state index in [1.54, 1.807) is 0 Å². The molecule has 1 N–H and O–H groups in total. The molecule has 23 heteroatoms. The van der Waals surface area contributed by atoms with Gasteiger partial charge in [-0.25, -0.2) is 0 Å². The van der Waals surface area contributed by atoms with E-state index in [0.29, 0.717) is 0 Å². The summed E-state index contributed by atoms with van der Waals surface area (Å²) in [5.74, 6) is 0. The fourth-order valence-corrected chi connectivity index (χ4v) is 2.42. The van der Waals surface area contributed by atoms with Gasteiger partial charge in [-0.05, 0) is 5.56 Å². The topological polar surface area (TPSA) is 289 Å². The van der Waals surface area contributed by atoms with Crippen LogP contribution in [0, 0.1) is 31.1 Å². The van der Waals surface area contributed by atoms with Crippen molar-refractivity contribution in [3.8, 4) is 0 Å². The Balaban J connectivity index is -0.000000149. The molecule has 0 saturated heterocycles. The van der Waals surface area contributed by atoms with Crippen molar-refractivity contribution in [2.75, 3.05) is 0 Å². The van der Waals surface area contributed by atoms with Crippen molar-refractivity contribution in [2.45, 2.75) is 6.61 Å². The van der Waals surface area contributed by atoms with Crippen LogP contribution in [0.2, 0.25) is 0 Å². The van der Waals surface area contributed by atoms with Gasteiger partial charge in [-0.2, -0.15) is 0 Å². The molecule has 30 heavy (non-hydrogen) atoms. The molecule has 0 aromatic heterocycles. The van der Waals surface area contributed by atoms with Crippen LogP contribution in [0.3, 0.4) is 0 Å². The van der Waals surface area contributed by atoms with Gasteiger partial charge in [-0.3, -0.25) is 12.9 Å². The number of hydrogen-bond acceptors (Lipinski definition) is 16. The van der Waals surface area contributed by atoms with Crippen molar-refractivity contribution in [2.24, 2.45) is 0 Å². The van der Waals surface area contributed by atoms with Crippen LogP contribution in [-0.2, 0) is 46.9 Å². The first kappa shape index (κ1) is 38.5. The summed E-state index contributed by atoms with van der Waals surface area (Å²) < 4.78 is 65.4. The van der Waals surface area contributed by atoms with Crippen LogP contribution in [0.15, 0.2) is 30.3 Å². The predicted molar refractivity (Wildman–Crippen MR) is 89.6 cm³/mol. The average Bonchev–Trinajstić information content (AvgIpc) is 2.53.